The Morgan fingerprint density at radius 2 is 2.06 bits per heavy atom. The number of carbonyl (C=O) groups excluding carboxylic acids is 2. The van der Waals surface area contributed by atoms with Gasteiger partial charge in [-0.25, -0.2) is 9.67 Å². The molecule has 34 heavy (non-hydrogen) atoms. The molecule has 0 bridgehead atoms. The number of primary amides is 1. The quantitative estimate of drug-likeness (QED) is 0.500. The Balaban J connectivity index is 1.50. The number of hydrogen-bond donors (Lipinski definition) is 2. The van der Waals surface area contributed by atoms with Crippen molar-refractivity contribution in [3.8, 4) is 11.3 Å². The molecule has 1 aliphatic rings. The van der Waals surface area contributed by atoms with Gasteiger partial charge in [-0.2, -0.15) is 5.10 Å². The molecule has 3 N–H and O–H groups in total. The first-order valence-corrected chi connectivity index (χ1v) is 12.1. The Morgan fingerprint density at radius 3 is 2.79 bits per heavy atom. The maximum atomic E-state index is 13.2. The lowest BCUT2D eigenvalue weighted by molar-refractivity contribution is -0.123. The van der Waals surface area contributed by atoms with Gasteiger partial charge in [-0.15, -0.1) is 0 Å². The van der Waals surface area contributed by atoms with Gasteiger partial charge in [0, 0.05) is 24.7 Å². The van der Waals surface area contributed by atoms with Crippen LogP contribution in [0.25, 0.3) is 22.3 Å². The van der Waals surface area contributed by atoms with Crippen LogP contribution in [0, 0.1) is 12.8 Å². The highest BCUT2D eigenvalue weighted by molar-refractivity contribution is 6.06. The first-order chi connectivity index (χ1) is 16.3. The zero-order valence-corrected chi connectivity index (χ0v) is 20.3. The molecule has 1 unspecified atom stereocenters. The summed E-state index contributed by atoms with van der Waals surface area (Å²) < 4.78 is 1.86. The van der Waals surface area contributed by atoms with Gasteiger partial charge in [-0.05, 0) is 64.8 Å². The Morgan fingerprint density at radius 1 is 1.26 bits per heavy atom. The molecule has 0 radical (unpaired) electrons. The maximum Gasteiger partial charge on any atom is 0.252 e. The van der Waals surface area contributed by atoms with Crippen molar-refractivity contribution < 1.29 is 9.59 Å². The van der Waals surface area contributed by atoms with Crippen LogP contribution in [0.15, 0.2) is 36.5 Å². The zero-order chi connectivity index (χ0) is 24.2. The molecule has 1 fully saturated rings. The van der Waals surface area contributed by atoms with Crippen molar-refractivity contribution in [2.75, 3.05) is 26.2 Å². The van der Waals surface area contributed by atoms with Crippen LogP contribution in [-0.2, 0) is 4.79 Å². The van der Waals surface area contributed by atoms with Gasteiger partial charge >= 0.3 is 0 Å². The fourth-order valence-electron chi connectivity index (χ4n) is 4.67. The molecule has 2 aromatic heterocycles. The molecule has 1 saturated heterocycles. The number of piperidine rings is 1. The minimum atomic E-state index is -0.217. The van der Waals surface area contributed by atoms with E-state index in [4.69, 9.17) is 10.7 Å². The molecule has 3 aromatic rings. The number of aryl methyl sites for hydroxylation is 1. The van der Waals surface area contributed by atoms with E-state index in [2.05, 4.69) is 29.2 Å². The molecule has 1 atom stereocenters. The van der Waals surface area contributed by atoms with Gasteiger partial charge in [-0.1, -0.05) is 24.3 Å². The summed E-state index contributed by atoms with van der Waals surface area (Å²) in [5.41, 5.74) is 9.66. The number of fused-ring (bicyclic) bond motifs is 1. The lowest BCUT2D eigenvalue weighted by Gasteiger charge is -2.31. The number of nitrogens with zero attached hydrogens (tertiary/aromatic N) is 4. The number of benzene rings is 1. The third-order valence-corrected chi connectivity index (χ3v) is 6.57. The van der Waals surface area contributed by atoms with Crippen LogP contribution in [0.2, 0.25) is 0 Å². The molecule has 1 aromatic carbocycles. The molecule has 180 valence electrons. The summed E-state index contributed by atoms with van der Waals surface area (Å²) >= 11 is 0. The number of aromatic nitrogens is 3. The molecule has 2 amide bonds. The average molecular weight is 463 g/mol. The topological polar surface area (TPSA) is 106 Å². The van der Waals surface area contributed by atoms with E-state index in [1.54, 1.807) is 6.20 Å². The molecular weight excluding hydrogens is 428 g/mol. The fourth-order valence-corrected chi connectivity index (χ4v) is 4.67. The van der Waals surface area contributed by atoms with Crippen LogP contribution in [0.5, 0.6) is 0 Å². The molecule has 1 aliphatic heterocycles. The van der Waals surface area contributed by atoms with Crippen molar-refractivity contribution in [3.63, 3.8) is 0 Å². The van der Waals surface area contributed by atoms with E-state index >= 15 is 0 Å². The van der Waals surface area contributed by atoms with E-state index in [1.165, 1.54) is 0 Å². The molecule has 0 saturated carbocycles. The van der Waals surface area contributed by atoms with Gasteiger partial charge in [0.15, 0.2) is 5.65 Å². The zero-order valence-electron chi connectivity index (χ0n) is 20.3. The standard InChI is InChI=1S/C26H34N6O2/c1-17(2)32-25-22(15-29-32)21(14-23(30-25)20-10-5-4-8-18(20)3)26(34)28-11-7-13-31-12-6-9-19(16-31)24(27)33/h4-5,8,10,14-15,17,19H,6-7,9,11-13,16H2,1-3H3,(H2,27,33)(H,28,34). The van der Waals surface area contributed by atoms with Crippen LogP contribution in [0.3, 0.4) is 0 Å². The maximum absolute atomic E-state index is 13.2. The van der Waals surface area contributed by atoms with Crippen LogP contribution in [-0.4, -0.2) is 57.7 Å². The largest absolute Gasteiger partial charge is 0.369 e. The van der Waals surface area contributed by atoms with E-state index in [0.29, 0.717) is 24.3 Å². The van der Waals surface area contributed by atoms with Gasteiger partial charge in [0.05, 0.1) is 28.8 Å². The van der Waals surface area contributed by atoms with Crippen LogP contribution >= 0.6 is 0 Å². The van der Waals surface area contributed by atoms with Gasteiger partial charge in [-0.3, -0.25) is 9.59 Å². The minimum Gasteiger partial charge on any atom is -0.369 e. The van der Waals surface area contributed by atoms with Crippen LogP contribution < -0.4 is 11.1 Å². The summed E-state index contributed by atoms with van der Waals surface area (Å²) in [6.45, 7) is 9.22. The van der Waals surface area contributed by atoms with Gasteiger partial charge < -0.3 is 16.0 Å². The van der Waals surface area contributed by atoms with E-state index in [0.717, 1.165) is 54.6 Å². The number of carbonyl (C=O) groups is 2. The average Bonchev–Trinajstić information content (AvgIpc) is 3.26. The predicted molar refractivity (Wildman–Crippen MR) is 133 cm³/mol. The number of amides is 2. The summed E-state index contributed by atoms with van der Waals surface area (Å²) in [5, 5.41) is 8.33. The first kappa shape index (κ1) is 23.9. The van der Waals surface area contributed by atoms with Crippen molar-refractivity contribution in [1.29, 1.82) is 0 Å². The smallest absolute Gasteiger partial charge is 0.252 e. The number of nitrogens with two attached hydrogens (primary N) is 1. The van der Waals surface area contributed by atoms with Crippen molar-refractivity contribution in [2.45, 2.75) is 46.1 Å². The summed E-state index contributed by atoms with van der Waals surface area (Å²) in [6, 6.07) is 10.0. The lowest BCUT2D eigenvalue weighted by Crippen LogP contribution is -2.42. The van der Waals surface area contributed by atoms with Crippen molar-refractivity contribution in [1.82, 2.24) is 25.0 Å². The molecule has 8 heteroatoms. The summed E-state index contributed by atoms with van der Waals surface area (Å²) in [6.07, 6.45) is 4.39. The van der Waals surface area contributed by atoms with E-state index < -0.39 is 0 Å². The van der Waals surface area contributed by atoms with Crippen LogP contribution in [0.1, 0.15) is 55.1 Å². The SMILES string of the molecule is Cc1ccccc1-c1cc(C(=O)NCCCN2CCCC(C(N)=O)C2)c2cnn(C(C)C)c2n1. The Kier molecular flexibility index (Phi) is 7.26. The third-order valence-electron chi connectivity index (χ3n) is 6.57. The highest BCUT2D eigenvalue weighted by atomic mass is 16.2. The molecule has 0 aliphatic carbocycles. The first-order valence-electron chi connectivity index (χ1n) is 12.1. The second kappa shape index (κ2) is 10.3. The minimum absolute atomic E-state index is 0.0641. The van der Waals surface area contributed by atoms with E-state index in [1.807, 2.05) is 41.9 Å². The van der Waals surface area contributed by atoms with Gasteiger partial charge in [0.2, 0.25) is 5.91 Å². The van der Waals surface area contributed by atoms with Gasteiger partial charge in [0.1, 0.15) is 0 Å². The third kappa shape index (κ3) is 5.12. The fraction of sp³-hybridized carbons (Fsp3) is 0.462. The Bertz CT molecular complexity index is 1190. The molecule has 3 heterocycles. The molecule has 8 nitrogen and oxygen atoms in total. The summed E-state index contributed by atoms with van der Waals surface area (Å²) in [4.78, 5) is 31.9. The number of nitrogens with one attached hydrogen (secondary N) is 1. The number of hydrogen-bond acceptors (Lipinski definition) is 5. The highest BCUT2D eigenvalue weighted by Crippen LogP contribution is 2.28. The number of rotatable bonds is 8. The normalized spacial score (nSPS) is 16.8. The highest BCUT2D eigenvalue weighted by Gasteiger charge is 2.23. The molecule has 0 spiro atoms. The number of pyridine rings is 1. The Hall–Kier alpha value is -3.26. The lowest BCUT2D eigenvalue weighted by atomic mass is 9.97. The van der Waals surface area contributed by atoms with Crippen LogP contribution in [0.4, 0.5) is 0 Å². The summed E-state index contributed by atoms with van der Waals surface area (Å²) in [7, 11) is 0. The van der Waals surface area contributed by atoms with Crippen molar-refractivity contribution >= 4 is 22.8 Å². The molecular formula is C26H34N6O2. The predicted octanol–water partition coefficient (Wildman–Crippen LogP) is 3.30. The summed E-state index contributed by atoms with van der Waals surface area (Å²) in [5.74, 6) is -0.406. The molecule has 4 rings (SSSR count). The second-order valence-corrected chi connectivity index (χ2v) is 9.44. The van der Waals surface area contributed by atoms with E-state index in [9.17, 15) is 9.59 Å². The number of likely N-dealkylation sites (tertiary alicyclic amines) is 1. The van der Waals surface area contributed by atoms with Gasteiger partial charge in [0.25, 0.3) is 5.91 Å². The van der Waals surface area contributed by atoms with Crippen molar-refractivity contribution in [2.24, 2.45) is 11.7 Å². The van der Waals surface area contributed by atoms with E-state index in [-0.39, 0.29) is 23.8 Å². The van der Waals surface area contributed by atoms with Crippen molar-refractivity contribution in [3.05, 3.63) is 47.7 Å². The monoisotopic (exact) mass is 462 g/mol. The second-order valence-electron chi connectivity index (χ2n) is 9.44. The Labute approximate surface area is 200 Å².